The maximum atomic E-state index is 13.0. The van der Waals surface area contributed by atoms with Gasteiger partial charge in [-0.05, 0) is 38.8 Å². The van der Waals surface area contributed by atoms with Crippen LogP contribution >= 0.6 is 0 Å². The van der Waals surface area contributed by atoms with Crippen LogP contribution in [-0.2, 0) is 9.59 Å². The molecule has 3 aliphatic rings. The molecule has 2 atom stereocenters. The van der Waals surface area contributed by atoms with Gasteiger partial charge in [0.05, 0.1) is 5.92 Å². The number of rotatable bonds is 2. The van der Waals surface area contributed by atoms with Gasteiger partial charge in [-0.15, -0.1) is 0 Å². The van der Waals surface area contributed by atoms with E-state index in [1.807, 2.05) is 0 Å². The summed E-state index contributed by atoms with van der Waals surface area (Å²) in [6.45, 7) is 5.39. The summed E-state index contributed by atoms with van der Waals surface area (Å²) in [4.78, 5) is 32.4. The van der Waals surface area contributed by atoms with E-state index in [2.05, 4.69) is 29.9 Å². The molecule has 2 N–H and O–H groups in total. The minimum absolute atomic E-state index is 0.223. The lowest BCUT2D eigenvalue weighted by Gasteiger charge is -2.45. The first kappa shape index (κ1) is 18.6. The number of carbonyl (C=O) groups is 2. The summed E-state index contributed by atoms with van der Waals surface area (Å²) in [5.41, 5.74) is 0. The van der Waals surface area contributed by atoms with Crippen molar-refractivity contribution in [1.82, 2.24) is 25.0 Å². The maximum absolute atomic E-state index is 13.0. The zero-order valence-electron chi connectivity index (χ0n) is 15.1. The number of amides is 1. The van der Waals surface area contributed by atoms with E-state index in [1.165, 1.54) is 45.1 Å². The van der Waals surface area contributed by atoms with Crippen LogP contribution in [0.15, 0.2) is 6.33 Å². The molecule has 1 aromatic rings. The average molecular weight is 364 g/mol. The number of nitrogens with one attached hydrogen (secondary N) is 1. The lowest BCUT2D eigenvalue weighted by atomic mass is 9.82. The third-order valence-corrected chi connectivity index (χ3v) is 5.70. The molecular formula is C17H28N6O3. The van der Waals surface area contributed by atoms with Crippen molar-refractivity contribution in [2.75, 3.05) is 44.2 Å². The monoisotopic (exact) mass is 364 g/mol. The quantitative estimate of drug-likeness (QED) is 0.733. The number of piperazine rings is 1. The maximum Gasteiger partial charge on any atom is 0.290 e. The first-order valence-electron chi connectivity index (χ1n) is 9.45. The van der Waals surface area contributed by atoms with Crippen molar-refractivity contribution in [3.05, 3.63) is 6.33 Å². The molecule has 0 radical (unpaired) electrons. The Morgan fingerprint density at radius 1 is 1.12 bits per heavy atom. The Morgan fingerprint density at radius 3 is 2.54 bits per heavy atom. The number of anilines is 1. The van der Waals surface area contributed by atoms with Crippen LogP contribution in [0.2, 0.25) is 0 Å². The molecule has 3 fully saturated rings. The topological polar surface area (TPSA) is 106 Å². The van der Waals surface area contributed by atoms with E-state index >= 15 is 0 Å². The Balaban J connectivity index is 0.000000613. The van der Waals surface area contributed by atoms with Gasteiger partial charge in [-0.25, -0.2) is 5.10 Å². The molecule has 144 valence electrons. The van der Waals surface area contributed by atoms with Gasteiger partial charge in [-0.1, -0.05) is 6.42 Å². The van der Waals surface area contributed by atoms with Crippen LogP contribution in [-0.4, -0.2) is 87.8 Å². The second kappa shape index (κ2) is 8.98. The Labute approximate surface area is 153 Å². The molecule has 1 amide bonds. The molecule has 3 saturated heterocycles. The molecule has 0 aromatic carbocycles. The fourth-order valence-corrected chi connectivity index (χ4v) is 4.47. The lowest BCUT2D eigenvalue weighted by molar-refractivity contribution is -0.140. The van der Waals surface area contributed by atoms with Gasteiger partial charge in [-0.2, -0.15) is 10.1 Å². The number of hydrogen-bond acceptors (Lipinski definition) is 6. The predicted molar refractivity (Wildman–Crippen MR) is 95.8 cm³/mol. The lowest BCUT2D eigenvalue weighted by Crippen LogP contribution is -2.56. The van der Waals surface area contributed by atoms with Crippen molar-refractivity contribution in [3.63, 3.8) is 0 Å². The van der Waals surface area contributed by atoms with Gasteiger partial charge in [0.25, 0.3) is 6.47 Å². The molecule has 9 heteroatoms. The standard InChI is InChI=1S/C16H26N6O.CH2O2/c23-15(13-4-3-7-20-6-2-1-5-14(13)20)21-8-10-22(11-9-21)16-17-12-18-19-16;2-1-3/h12-14H,1-11H2,(H,17,18,19);1H,(H,2,3)/t13-,14-;/m1./s1. The van der Waals surface area contributed by atoms with Gasteiger partial charge in [0.2, 0.25) is 11.9 Å². The average Bonchev–Trinajstić information content (AvgIpc) is 3.23. The van der Waals surface area contributed by atoms with Crippen molar-refractivity contribution >= 4 is 18.3 Å². The SMILES string of the molecule is O=C([C@@H]1CCCN2CCCC[C@H]12)N1CCN(c2ncn[nH]2)CC1.O=CO. The molecule has 0 unspecified atom stereocenters. The fourth-order valence-electron chi connectivity index (χ4n) is 4.47. The Hall–Kier alpha value is -2.16. The van der Waals surface area contributed by atoms with Gasteiger partial charge >= 0.3 is 0 Å². The molecule has 4 heterocycles. The van der Waals surface area contributed by atoms with E-state index in [4.69, 9.17) is 9.90 Å². The number of aromatic nitrogens is 3. The number of carbonyl (C=O) groups excluding carboxylic acids is 1. The zero-order valence-corrected chi connectivity index (χ0v) is 15.1. The highest BCUT2D eigenvalue weighted by Gasteiger charge is 2.39. The smallest absolute Gasteiger partial charge is 0.290 e. The first-order valence-corrected chi connectivity index (χ1v) is 9.45. The highest BCUT2D eigenvalue weighted by Crippen LogP contribution is 2.32. The van der Waals surface area contributed by atoms with Crippen LogP contribution in [0.5, 0.6) is 0 Å². The van der Waals surface area contributed by atoms with Crippen LogP contribution in [0.4, 0.5) is 5.95 Å². The molecule has 1 aromatic heterocycles. The second-order valence-corrected chi connectivity index (χ2v) is 7.07. The van der Waals surface area contributed by atoms with Gasteiger partial charge in [0.1, 0.15) is 6.33 Å². The van der Waals surface area contributed by atoms with Gasteiger partial charge in [0.15, 0.2) is 0 Å². The fraction of sp³-hybridized carbons (Fsp3) is 0.765. The highest BCUT2D eigenvalue weighted by atomic mass is 16.3. The summed E-state index contributed by atoms with van der Waals surface area (Å²) in [6.07, 6.45) is 7.56. The Bertz CT molecular complexity index is 571. The largest absolute Gasteiger partial charge is 0.483 e. The summed E-state index contributed by atoms with van der Waals surface area (Å²) in [5, 5.41) is 13.7. The predicted octanol–water partition coefficient (Wildman–Crippen LogP) is 0.419. The van der Waals surface area contributed by atoms with Gasteiger partial charge in [0, 0.05) is 32.2 Å². The molecule has 4 rings (SSSR count). The van der Waals surface area contributed by atoms with Gasteiger partial charge in [-0.3, -0.25) is 14.5 Å². The van der Waals surface area contributed by atoms with E-state index in [0.29, 0.717) is 11.9 Å². The normalized spacial score (nSPS) is 26.5. The number of piperidine rings is 2. The third-order valence-electron chi connectivity index (χ3n) is 5.70. The molecule has 26 heavy (non-hydrogen) atoms. The van der Waals surface area contributed by atoms with Crippen molar-refractivity contribution in [2.24, 2.45) is 5.92 Å². The van der Waals surface area contributed by atoms with Crippen molar-refractivity contribution < 1.29 is 14.7 Å². The van der Waals surface area contributed by atoms with Crippen molar-refractivity contribution in [1.29, 1.82) is 0 Å². The highest BCUT2D eigenvalue weighted by molar-refractivity contribution is 5.80. The minimum Gasteiger partial charge on any atom is -0.483 e. The summed E-state index contributed by atoms with van der Waals surface area (Å²) < 4.78 is 0. The molecule has 0 aliphatic carbocycles. The molecule has 0 saturated carbocycles. The summed E-state index contributed by atoms with van der Waals surface area (Å²) in [5.74, 6) is 1.42. The number of H-pyrrole nitrogens is 1. The number of aromatic amines is 1. The first-order chi connectivity index (χ1) is 12.7. The Morgan fingerprint density at radius 2 is 1.85 bits per heavy atom. The second-order valence-electron chi connectivity index (χ2n) is 7.07. The van der Waals surface area contributed by atoms with Crippen molar-refractivity contribution in [2.45, 2.75) is 38.1 Å². The number of nitrogens with zero attached hydrogens (tertiary/aromatic N) is 5. The van der Waals surface area contributed by atoms with Crippen molar-refractivity contribution in [3.8, 4) is 0 Å². The third kappa shape index (κ3) is 4.14. The van der Waals surface area contributed by atoms with Crippen LogP contribution in [0.25, 0.3) is 0 Å². The molecule has 0 spiro atoms. The van der Waals surface area contributed by atoms with Crippen LogP contribution in [0.1, 0.15) is 32.1 Å². The number of carboxylic acid groups (broad SMARTS) is 1. The molecular weight excluding hydrogens is 336 g/mol. The molecule has 0 bridgehead atoms. The molecule has 3 aliphatic heterocycles. The number of hydrogen-bond donors (Lipinski definition) is 2. The summed E-state index contributed by atoms with van der Waals surface area (Å²) in [7, 11) is 0. The summed E-state index contributed by atoms with van der Waals surface area (Å²) >= 11 is 0. The zero-order chi connectivity index (χ0) is 18.4. The van der Waals surface area contributed by atoms with E-state index in [-0.39, 0.29) is 12.4 Å². The number of fused-ring (bicyclic) bond motifs is 1. The van der Waals surface area contributed by atoms with E-state index in [0.717, 1.165) is 38.5 Å². The van der Waals surface area contributed by atoms with Crippen LogP contribution in [0.3, 0.4) is 0 Å². The van der Waals surface area contributed by atoms with E-state index in [9.17, 15) is 4.79 Å². The van der Waals surface area contributed by atoms with Crippen LogP contribution in [0, 0.1) is 5.92 Å². The Kier molecular flexibility index (Phi) is 6.43. The van der Waals surface area contributed by atoms with Gasteiger partial charge < -0.3 is 14.9 Å². The minimum atomic E-state index is -0.250. The van der Waals surface area contributed by atoms with E-state index < -0.39 is 0 Å². The molecule has 9 nitrogen and oxygen atoms in total. The van der Waals surface area contributed by atoms with Crippen LogP contribution < -0.4 is 4.90 Å². The van der Waals surface area contributed by atoms with E-state index in [1.54, 1.807) is 0 Å². The summed E-state index contributed by atoms with van der Waals surface area (Å²) in [6, 6.07) is 0.498.